The van der Waals surface area contributed by atoms with Gasteiger partial charge in [0.25, 0.3) is 0 Å². The molecule has 7 heteroatoms. The van der Waals surface area contributed by atoms with E-state index in [9.17, 15) is 5.21 Å². The highest BCUT2D eigenvalue weighted by Gasteiger charge is 2.24. The van der Waals surface area contributed by atoms with Gasteiger partial charge in [-0.15, -0.1) is 0 Å². The van der Waals surface area contributed by atoms with E-state index < -0.39 is 0 Å². The number of hydroxylamine groups is 3. The van der Waals surface area contributed by atoms with E-state index in [1.54, 1.807) is 0 Å². The lowest BCUT2D eigenvalue weighted by Crippen LogP contribution is -2.51. The molecule has 104 valence electrons. The monoisotopic (exact) mass is 254 g/mol. The van der Waals surface area contributed by atoms with Gasteiger partial charge in [-0.1, -0.05) is 0 Å². The van der Waals surface area contributed by atoms with Crippen LogP contribution in [0.25, 0.3) is 0 Å². The van der Waals surface area contributed by atoms with Crippen LogP contribution in [0, 0.1) is 0 Å². The van der Waals surface area contributed by atoms with Crippen LogP contribution in [-0.4, -0.2) is 82.2 Å². The van der Waals surface area contributed by atoms with Gasteiger partial charge in [0.1, 0.15) is 46.4 Å². The first-order chi connectivity index (χ1) is 8.18. The topological polar surface area (TPSA) is 77.4 Å². The summed E-state index contributed by atoms with van der Waals surface area (Å²) in [5.74, 6) is 0. The van der Waals surface area contributed by atoms with Gasteiger partial charge in [0.15, 0.2) is 0 Å². The van der Waals surface area contributed by atoms with Crippen LogP contribution in [0.1, 0.15) is 0 Å². The Kier molecular flexibility index (Phi) is 10.7. The summed E-state index contributed by atoms with van der Waals surface area (Å²) in [6.45, 7) is 2.00. The lowest BCUT2D eigenvalue weighted by atomic mass is 10.4. The second kappa shape index (κ2) is 10.8. The Balaban J connectivity index is 3.80. The molecule has 0 aromatic rings. The van der Waals surface area contributed by atoms with Gasteiger partial charge < -0.3 is 24.1 Å². The van der Waals surface area contributed by atoms with E-state index in [-0.39, 0.29) is 31.4 Å². The van der Waals surface area contributed by atoms with Crippen molar-refractivity contribution < 1.29 is 33.9 Å². The van der Waals surface area contributed by atoms with Gasteiger partial charge in [0, 0.05) is 14.2 Å². The fourth-order valence-electron chi connectivity index (χ4n) is 1.28. The van der Waals surface area contributed by atoms with E-state index in [1.807, 2.05) is 0 Å². The number of hydrogen-bond acceptors (Lipinski definition) is 6. The molecule has 0 saturated heterocycles. The highest BCUT2D eigenvalue weighted by Crippen LogP contribution is 2.01. The first kappa shape index (κ1) is 16.7. The fraction of sp³-hybridized carbons (Fsp3) is 1.00. The van der Waals surface area contributed by atoms with Gasteiger partial charge in [0.2, 0.25) is 0 Å². The quantitative estimate of drug-likeness (QED) is 0.210. The number of ether oxygens (including phenoxy) is 4. The van der Waals surface area contributed by atoms with Crippen molar-refractivity contribution >= 4 is 0 Å². The highest BCUT2D eigenvalue weighted by atomic mass is 16.7. The summed E-state index contributed by atoms with van der Waals surface area (Å²) in [6.07, 6.45) is 0. The van der Waals surface area contributed by atoms with Crippen molar-refractivity contribution in [2.24, 2.45) is 0 Å². The number of nitrogens with zero attached hydrogens (tertiary/aromatic N) is 1. The van der Waals surface area contributed by atoms with Crippen molar-refractivity contribution in [3.8, 4) is 0 Å². The Morgan fingerprint density at radius 3 is 1.71 bits per heavy atom. The van der Waals surface area contributed by atoms with E-state index >= 15 is 0 Å². The minimum absolute atomic E-state index is 0.0922. The highest BCUT2D eigenvalue weighted by molar-refractivity contribution is 4.36. The maximum Gasteiger partial charge on any atom is 0.146 e. The molecule has 0 rings (SSSR count). The number of quaternary nitrogens is 1. The molecule has 0 aromatic heterocycles. The van der Waals surface area contributed by atoms with Crippen LogP contribution in [0.15, 0.2) is 0 Å². The number of rotatable bonds is 12. The molecule has 0 amide bonds. The van der Waals surface area contributed by atoms with E-state index in [2.05, 4.69) is 0 Å². The molecule has 0 spiro atoms. The summed E-state index contributed by atoms with van der Waals surface area (Å²) in [5, 5.41) is 19.0. The zero-order chi connectivity index (χ0) is 13.0. The molecule has 0 unspecified atom stereocenters. The molecule has 0 heterocycles. The Hall–Kier alpha value is -0.280. The van der Waals surface area contributed by atoms with Gasteiger partial charge in [-0.05, 0) is 0 Å². The molecule has 17 heavy (non-hydrogen) atoms. The predicted molar refractivity (Wildman–Crippen MR) is 59.4 cm³/mol. The number of methoxy groups -OCH3 is 2. The minimum atomic E-state index is -0.288. The molecule has 0 aromatic carbocycles. The molecule has 2 N–H and O–H groups in total. The van der Waals surface area contributed by atoms with Crippen molar-refractivity contribution in [2.75, 3.05) is 67.3 Å². The standard InChI is InChI=1S/C10H24NO6/c1-14-9-16-7-4-11(13,3-6-12)5-8-17-10-15-2/h12-13H,3-10H2,1-2H3/q+1. The normalized spacial score (nSPS) is 12.0. The molecule has 0 atom stereocenters. The summed E-state index contributed by atoms with van der Waals surface area (Å²) in [6, 6.07) is 0. The summed E-state index contributed by atoms with van der Waals surface area (Å²) in [4.78, 5) is 0. The molecule has 0 aliphatic carbocycles. The largest absolute Gasteiger partial charge is 0.390 e. The Morgan fingerprint density at radius 2 is 1.35 bits per heavy atom. The van der Waals surface area contributed by atoms with Crippen LogP contribution in [-0.2, 0) is 18.9 Å². The molecular weight excluding hydrogens is 230 g/mol. The van der Waals surface area contributed by atoms with Crippen LogP contribution in [0.5, 0.6) is 0 Å². The minimum Gasteiger partial charge on any atom is -0.390 e. The maximum absolute atomic E-state index is 10.1. The fourth-order valence-corrected chi connectivity index (χ4v) is 1.28. The number of aliphatic hydroxyl groups is 1. The van der Waals surface area contributed by atoms with E-state index in [0.29, 0.717) is 26.3 Å². The third kappa shape index (κ3) is 9.42. The molecule has 7 nitrogen and oxygen atoms in total. The molecule has 0 saturated carbocycles. The van der Waals surface area contributed by atoms with Gasteiger partial charge in [-0.2, -0.15) is 4.65 Å². The third-order valence-corrected chi connectivity index (χ3v) is 2.22. The SMILES string of the molecule is COCOCC[N+](O)(CCO)CCOCOC. The van der Waals surface area contributed by atoms with Crippen LogP contribution in [0.2, 0.25) is 0 Å². The average Bonchev–Trinajstić information content (AvgIpc) is 2.31. The van der Waals surface area contributed by atoms with Crippen molar-refractivity contribution in [3.63, 3.8) is 0 Å². The third-order valence-electron chi connectivity index (χ3n) is 2.22. The van der Waals surface area contributed by atoms with Crippen molar-refractivity contribution in [1.82, 2.24) is 0 Å². The van der Waals surface area contributed by atoms with Crippen LogP contribution >= 0.6 is 0 Å². The maximum atomic E-state index is 10.1. The lowest BCUT2D eigenvalue weighted by molar-refractivity contribution is -1.10. The predicted octanol–water partition coefficient (Wildman–Crippen LogP) is -0.574. The van der Waals surface area contributed by atoms with Crippen molar-refractivity contribution in [3.05, 3.63) is 0 Å². The molecule has 0 aliphatic heterocycles. The van der Waals surface area contributed by atoms with Crippen LogP contribution in [0.3, 0.4) is 0 Å². The molecule has 0 bridgehead atoms. The van der Waals surface area contributed by atoms with Gasteiger partial charge >= 0.3 is 0 Å². The van der Waals surface area contributed by atoms with Gasteiger partial charge in [-0.3, -0.25) is 0 Å². The number of hydrogen-bond donors (Lipinski definition) is 2. The molecule has 0 radical (unpaired) electrons. The zero-order valence-electron chi connectivity index (χ0n) is 10.6. The average molecular weight is 254 g/mol. The molecule has 0 fully saturated rings. The second-order valence-corrected chi connectivity index (χ2v) is 3.62. The smallest absolute Gasteiger partial charge is 0.146 e. The van der Waals surface area contributed by atoms with E-state index in [1.165, 1.54) is 14.2 Å². The Morgan fingerprint density at radius 1 is 0.882 bits per heavy atom. The van der Waals surface area contributed by atoms with Gasteiger partial charge in [-0.25, -0.2) is 5.21 Å². The Bertz CT molecular complexity index is 157. The van der Waals surface area contributed by atoms with Crippen molar-refractivity contribution in [2.45, 2.75) is 0 Å². The lowest BCUT2D eigenvalue weighted by Gasteiger charge is -2.29. The first-order valence-electron chi connectivity index (χ1n) is 5.51. The van der Waals surface area contributed by atoms with Crippen molar-refractivity contribution in [1.29, 1.82) is 0 Å². The summed E-state index contributed by atoms with van der Waals surface area (Å²) < 4.78 is 19.4. The summed E-state index contributed by atoms with van der Waals surface area (Å²) >= 11 is 0. The van der Waals surface area contributed by atoms with Gasteiger partial charge in [0.05, 0.1) is 6.61 Å². The summed E-state index contributed by atoms with van der Waals surface area (Å²) in [5.41, 5.74) is 0. The zero-order valence-corrected chi connectivity index (χ0v) is 10.6. The van der Waals surface area contributed by atoms with Crippen LogP contribution in [0.4, 0.5) is 0 Å². The van der Waals surface area contributed by atoms with Crippen LogP contribution < -0.4 is 0 Å². The second-order valence-electron chi connectivity index (χ2n) is 3.62. The number of aliphatic hydroxyl groups excluding tert-OH is 1. The van der Waals surface area contributed by atoms with E-state index in [4.69, 9.17) is 24.1 Å². The van der Waals surface area contributed by atoms with E-state index in [0.717, 1.165) is 0 Å². The molecule has 0 aliphatic rings. The summed E-state index contributed by atoms with van der Waals surface area (Å²) in [7, 11) is 3.07. The molecular formula is C10H24NO6+. The Labute approximate surface area is 102 Å². The first-order valence-corrected chi connectivity index (χ1v) is 5.51.